The first-order valence-electron chi connectivity index (χ1n) is 6.49. The van der Waals surface area contributed by atoms with Gasteiger partial charge in [0, 0.05) is 49.8 Å². The van der Waals surface area contributed by atoms with Gasteiger partial charge in [0.2, 0.25) is 0 Å². The molecule has 1 aromatic rings. The summed E-state index contributed by atoms with van der Waals surface area (Å²) in [6, 6.07) is 3.75. The van der Waals surface area contributed by atoms with Crippen LogP contribution in [0.3, 0.4) is 0 Å². The number of nitrogens with two attached hydrogens (primary N) is 1. The molecule has 2 rings (SSSR count). The number of alkyl halides is 2. The lowest BCUT2D eigenvalue weighted by Gasteiger charge is -2.35. The quantitative estimate of drug-likeness (QED) is 0.830. The summed E-state index contributed by atoms with van der Waals surface area (Å²) in [4.78, 5) is 25.3. The van der Waals surface area contributed by atoms with Gasteiger partial charge in [-0.1, -0.05) is 0 Å². The van der Waals surface area contributed by atoms with Gasteiger partial charge in [0.1, 0.15) is 0 Å². The number of anilines is 1. The number of nitrogen functional groups attached to an aromatic ring is 1. The maximum Gasteiger partial charge on any atom is 0.253 e. The van der Waals surface area contributed by atoms with Crippen molar-refractivity contribution in [2.75, 3.05) is 19.8 Å². The monoisotopic (exact) mass is 297 g/mol. The van der Waals surface area contributed by atoms with Crippen LogP contribution in [0.1, 0.15) is 33.6 Å². The van der Waals surface area contributed by atoms with E-state index in [4.69, 9.17) is 5.73 Å². The molecule has 114 valence electrons. The van der Waals surface area contributed by atoms with Crippen LogP contribution in [0.25, 0.3) is 0 Å². The second kappa shape index (κ2) is 5.31. The molecule has 0 radical (unpaired) electrons. The Morgan fingerprint density at radius 3 is 2.33 bits per heavy atom. The Balaban J connectivity index is 2.12. The van der Waals surface area contributed by atoms with Crippen LogP contribution in [-0.2, 0) is 0 Å². The van der Waals surface area contributed by atoms with Crippen molar-refractivity contribution in [3.05, 3.63) is 29.3 Å². The first-order chi connectivity index (χ1) is 9.68. The molecule has 0 heterocycles. The summed E-state index contributed by atoms with van der Waals surface area (Å²) in [6.07, 6.45) is -0.713. The lowest BCUT2D eigenvalue weighted by molar-refractivity contribution is -0.0901. The van der Waals surface area contributed by atoms with Crippen molar-refractivity contribution in [2.24, 2.45) is 0 Å². The highest BCUT2D eigenvalue weighted by molar-refractivity contribution is 6.00. The largest absolute Gasteiger partial charge is 0.399 e. The van der Waals surface area contributed by atoms with E-state index < -0.39 is 17.9 Å². The third-order valence-electron chi connectivity index (χ3n) is 3.30. The molecule has 1 aromatic carbocycles. The SMILES string of the molecule is CN(C)C(=O)c1cc(N)cc(C(=O)NC2CC(F)(F)C2)c1. The molecule has 1 aliphatic rings. The van der Waals surface area contributed by atoms with Gasteiger partial charge in [0.05, 0.1) is 0 Å². The van der Waals surface area contributed by atoms with E-state index in [9.17, 15) is 18.4 Å². The normalized spacial score (nSPS) is 17.0. The summed E-state index contributed by atoms with van der Waals surface area (Å²) < 4.78 is 25.5. The van der Waals surface area contributed by atoms with Crippen LogP contribution in [0, 0.1) is 0 Å². The Morgan fingerprint density at radius 1 is 1.24 bits per heavy atom. The number of benzene rings is 1. The first kappa shape index (κ1) is 15.2. The number of nitrogens with one attached hydrogen (secondary N) is 1. The Hall–Kier alpha value is -2.18. The smallest absolute Gasteiger partial charge is 0.253 e. The molecule has 0 aromatic heterocycles. The van der Waals surface area contributed by atoms with Crippen molar-refractivity contribution in [1.29, 1.82) is 0 Å². The van der Waals surface area contributed by atoms with Crippen LogP contribution in [-0.4, -0.2) is 42.8 Å². The third-order valence-corrected chi connectivity index (χ3v) is 3.30. The summed E-state index contributed by atoms with van der Waals surface area (Å²) in [6.45, 7) is 0. The highest BCUT2D eigenvalue weighted by Gasteiger charge is 2.45. The van der Waals surface area contributed by atoms with Gasteiger partial charge in [-0.05, 0) is 18.2 Å². The van der Waals surface area contributed by atoms with Gasteiger partial charge < -0.3 is 16.0 Å². The number of halogens is 2. The number of hydrogen-bond acceptors (Lipinski definition) is 3. The molecule has 1 aliphatic carbocycles. The number of amides is 2. The summed E-state index contributed by atoms with van der Waals surface area (Å²) in [7, 11) is 3.17. The number of nitrogens with zero attached hydrogens (tertiary/aromatic N) is 1. The zero-order valence-corrected chi connectivity index (χ0v) is 11.8. The molecular formula is C14H17F2N3O2. The zero-order chi connectivity index (χ0) is 15.8. The molecule has 0 spiro atoms. The van der Waals surface area contributed by atoms with E-state index in [2.05, 4.69) is 5.32 Å². The molecule has 0 atom stereocenters. The maximum atomic E-state index is 12.7. The van der Waals surface area contributed by atoms with E-state index in [1.807, 2.05) is 0 Å². The lowest BCUT2D eigenvalue weighted by Crippen LogP contribution is -2.50. The predicted molar refractivity (Wildman–Crippen MR) is 74.3 cm³/mol. The zero-order valence-electron chi connectivity index (χ0n) is 11.8. The van der Waals surface area contributed by atoms with Crippen LogP contribution in [0.5, 0.6) is 0 Å². The van der Waals surface area contributed by atoms with Crippen molar-refractivity contribution in [3.8, 4) is 0 Å². The molecule has 0 unspecified atom stereocenters. The van der Waals surface area contributed by atoms with Crippen LogP contribution in [0.2, 0.25) is 0 Å². The highest BCUT2D eigenvalue weighted by atomic mass is 19.3. The van der Waals surface area contributed by atoms with Crippen LogP contribution in [0.4, 0.5) is 14.5 Å². The van der Waals surface area contributed by atoms with E-state index in [1.165, 1.54) is 23.1 Å². The fraction of sp³-hybridized carbons (Fsp3) is 0.429. The number of hydrogen-bond donors (Lipinski definition) is 2. The molecular weight excluding hydrogens is 280 g/mol. The fourth-order valence-electron chi connectivity index (χ4n) is 2.20. The van der Waals surface area contributed by atoms with Crippen LogP contribution < -0.4 is 11.1 Å². The average molecular weight is 297 g/mol. The van der Waals surface area contributed by atoms with E-state index >= 15 is 0 Å². The van der Waals surface area contributed by atoms with Gasteiger partial charge in [-0.15, -0.1) is 0 Å². The van der Waals surface area contributed by atoms with Crippen molar-refractivity contribution in [3.63, 3.8) is 0 Å². The van der Waals surface area contributed by atoms with Crippen molar-refractivity contribution >= 4 is 17.5 Å². The van der Waals surface area contributed by atoms with Gasteiger partial charge in [-0.2, -0.15) is 0 Å². The van der Waals surface area contributed by atoms with Gasteiger partial charge in [0.15, 0.2) is 0 Å². The minimum atomic E-state index is -2.69. The summed E-state index contributed by atoms with van der Waals surface area (Å²) >= 11 is 0. The highest BCUT2D eigenvalue weighted by Crippen LogP contribution is 2.37. The average Bonchev–Trinajstić information content (AvgIpc) is 2.34. The van der Waals surface area contributed by atoms with Gasteiger partial charge in [-0.3, -0.25) is 9.59 Å². The van der Waals surface area contributed by atoms with E-state index in [1.54, 1.807) is 14.1 Å². The van der Waals surface area contributed by atoms with Crippen molar-refractivity contribution < 1.29 is 18.4 Å². The molecule has 0 bridgehead atoms. The molecule has 0 saturated heterocycles. The Bertz CT molecular complexity index is 580. The standard InChI is InChI=1S/C14H17F2N3O2/c1-19(2)13(21)9-3-8(4-10(17)5-9)12(20)18-11-6-14(15,16)7-11/h3-5,11H,6-7,17H2,1-2H3,(H,18,20). The number of carbonyl (C=O) groups excluding carboxylic acids is 2. The molecule has 1 fully saturated rings. The van der Waals surface area contributed by atoms with E-state index in [-0.39, 0.29) is 35.6 Å². The number of carbonyl (C=O) groups is 2. The Morgan fingerprint density at radius 2 is 1.81 bits per heavy atom. The fourth-order valence-corrected chi connectivity index (χ4v) is 2.20. The van der Waals surface area contributed by atoms with E-state index in [0.717, 1.165) is 0 Å². The predicted octanol–water partition coefficient (Wildman–Crippen LogP) is 1.50. The molecule has 2 amide bonds. The van der Waals surface area contributed by atoms with Gasteiger partial charge >= 0.3 is 0 Å². The molecule has 5 nitrogen and oxygen atoms in total. The van der Waals surface area contributed by atoms with Gasteiger partial charge in [0.25, 0.3) is 17.7 Å². The lowest BCUT2D eigenvalue weighted by atomic mass is 9.88. The summed E-state index contributed by atoms with van der Waals surface area (Å²) in [5.74, 6) is -3.48. The Labute approximate surface area is 121 Å². The summed E-state index contributed by atoms with van der Waals surface area (Å²) in [5, 5.41) is 2.51. The Kier molecular flexibility index (Phi) is 3.85. The molecule has 0 aliphatic heterocycles. The van der Waals surface area contributed by atoms with Crippen molar-refractivity contribution in [1.82, 2.24) is 10.2 Å². The second-order valence-corrected chi connectivity index (χ2v) is 5.48. The third kappa shape index (κ3) is 3.48. The van der Waals surface area contributed by atoms with Crippen LogP contribution >= 0.6 is 0 Å². The van der Waals surface area contributed by atoms with Crippen molar-refractivity contribution in [2.45, 2.75) is 24.8 Å². The molecule has 3 N–H and O–H groups in total. The second-order valence-electron chi connectivity index (χ2n) is 5.48. The first-order valence-corrected chi connectivity index (χ1v) is 6.49. The molecule has 1 saturated carbocycles. The minimum absolute atomic E-state index is 0.190. The van der Waals surface area contributed by atoms with Gasteiger partial charge in [-0.25, -0.2) is 8.78 Å². The van der Waals surface area contributed by atoms with Crippen LogP contribution in [0.15, 0.2) is 18.2 Å². The molecule has 21 heavy (non-hydrogen) atoms. The minimum Gasteiger partial charge on any atom is -0.399 e. The maximum absolute atomic E-state index is 12.7. The number of rotatable bonds is 3. The van der Waals surface area contributed by atoms with E-state index in [0.29, 0.717) is 0 Å². The topological polar surface area (TPSA) is 75.4 Å². The summed E-state index contributed by atoms with van der Waals surface area (Å²) in [5.41, 5.74) is 6.43. The molecule has 7 heteroatoms.